The molecule has 1 saturated heterocycles. The molecule has 1 aromatic carbocycles. The van der Waals surface area contributed by atoms with Crippen LogP contribution in [0.15, 0.2) is 24.3 Å². The smallest absolute Gasteiger partial charge is 0.0736 e. The first kappa shape index (κ1) is 11.4. The van der Waals surface area contributed by atoms with Crippen molar-refractivity contribution in [2.75, 3.05) is 18.6 Å². The van der Waals surface area contributed by atoms with Crippen LogP contribution in [0.25, 0.3) is 10.9 Å². The fourth-order valence-electron chi connectivity index (χ4n) is 2.54. The maximum atomic E-state index is 5.62. The third kappa shape index (κ3) is 1.83. The van der Waals surface area contributed by atoms with Crippen molar-refractivity contribution < 1.29 is 4.74 Å². The summed E-state index contributed by atoms with van der Waals surface area (Å²) in [5, 5.41) is 1.12. The molecule has 0 bridgehead atoms. The molecule has 0 radical (unpaired) electrons. The molecular weight excluding hydrogens is 226 g/mol. The first-order valence-electron chi connectivity index (χ1n) is 6.24. The molecule has 1 aromatic heterocycles. The van der Waals surface area contributed by atoms with Gasteiger partial charge in [0.15, 0.2) is 0 Å². The summed E-state index contributed by atoms with van der Waals surface area (Å²) in [5.74, 6) is 5.96. The number of nitrogens with zero attached hydrogens (tertiary/aromatic N) is 1. The number of ether oxygens (including phenoxy) is 1. The van der Waals surface area contributed by atoms with Crippen LogP contribution in [0.2, 0.25) is 0 Å². The summed E-state index contributed by atoms with van der Waals surface area (Å²) in [6, 6.07) is 8.26. The van der Waals surface area contributed by atoms with Crippen LogP contribution >= 0.6 is 0 Å². The maximum Gasteiger partial charge on any atom is 0.0736 e. The largest absolute Gasteiger partial charge is 0.381 e. The number of nitrogens with one attached hydrogen (secondary N) is 1. The minimum Gasteiger partial charge on any atom is -0.381 e. The molecule has 0 saturated carbocycles. The van der Waals surface area contributed by atoms with Gasteiger partial charge < -0.3 is 10.2 Å². The summed E-state index contributed by atoms with van der Waals surface area (Å²) in [7, 11) is 0. The Kier molecular flexibility index (Phi) is 2.89. The monoisotopic (exact) mass is 243 g/mol. The quantitative estimate of drug-likeness (QED) is 0.628. The van der Waals surface area contributed by atoms with Gasteiger partial charge in [-0.1, -0.05) is 18.2 Å². The molecule has 1 fully saturated rings. The van der Waals surface area contributed by atoms with Crippen LogP contribution < -0.4 is 11.3 Å². The molecule has 2 aromatic rings. The molecule has 0 aliphatic carbocycles. The highest BCUT2D eigenvalue weighted by molar-refractivity contribution is 5.85. The average Bonchev–Trinajstić information content (AvgIpc) is 2.91. The molecule has 1 atom stereocenters. The van der Waals surface area contributed by atoms with Gasteiger partial charge in [0.1, 0.15) is 0 Å². The van der Waals surface area contributed by atoms with Gasteiger partial charge in [0.05, 0.1) is 23.5 Å². The normalized spacial score (nSPS) is 19.3. The second kappa shape index (κ2) is 4.55. The highest BCUT2D eigenvalue weighted by atomic mass is 16.5. The Morgan fingerprint density at radius 2 is 2.33 bits per heavy atom. The lowest BCUT2D eigenvalue weighted by Gasteiger charge is -2.15. The SMILES string of the molecule is Cc1cccc2cc(NN)c(C3CCOC3)nc12. The van der Waals surface area contributed by atoms with Gasteiger partial charge >= 0.3 is 0 Å². The van der Waals surface area contributed by atoms with Crippen molar-refractivity contribution in [1.29, 1.82) is 0 Å². The van der Waals surface area contributed by atoms with Gasteiger partial charge in [0.2, 0.25) is 0 Å². The number of hydrogen-bond acceptors (Lipinski definition) is 4. The van der Waals surface area contributed by atoms with Crippen LogP contribution in [0.4, 0.5) is 5.69 Å². The Labute approximate surface area is 106 Å². The molecule has 1 aliphatic rings. The number of aryl methyl sites for hydroxylation is 1. The first-order valence-corrected chi connectivity index (χ1v) is 6.24. The van der Waals surface area contributed by atoms with E-state index >= 15 is 0 Å². The lowest BCUT2D eigenvalue weighted by atomic mass is 10.0. The van der Waals surface area contributed by atoms with Gasteiger partial charge in [-0.2, -0.15) is 0 Å². The number of rotatable bonds is 2. The van der Waals surface area contributed by atoms with Crippen LogP contribution in [0.3, 0.4) is 0 Å². The van der Waals surface area contributed by atoms with E-state index in [1.165, 1.54) is 5.56 Å². The Morgan fingerprint density at radius 3 is 3.06 bits per heavy atom. The second-order valence-corrected chi connectivity index (χ2v) is 4.77. The third-order valence-electron chi connectivity index (χ3n) is 3.55. The first-order chi connectivity index (χ1) is 8.79. The number of benzene rings is 1. The lowest BCUT2D eigenvalue weighted by molar-refractivity contribution is 0.193. The van der Waals surface area contributed by atoms with E-state index in [-0.39, 0.29) is 0 Å². The van der Waals surface area contributed by atoms with Gasteiger partial charge in [-0.3, -0.25) is 5.84 Å². The molecule has 2 heterocycles. The summed E-state index contributed by atoms with van der Waals surface area (Å²) in [6.07, 6.45) is 1.01. The number of pyridine rings is 1. The molecule has 4 heteroatoms. The highest BCUT2D eigenvalue weighted by Crippen LogP contribution is 2.32. The van der Waals surface area contributed by atoms with E-state index in [1.54, 1.807) is 0 Å². The van der Waals surface area contributed by atoms with Crippen molar-refractivity contribution in [3.05, 3.63) is 35.5 Å². The second-order valence-electron chi connectivity index (χ2n) is 4.77. The third-order valence-corrected chi connectivity index (χ3v) is 3.55. The minimum atomic E-state index is 0.347. The number of anilines is 1. The van der Waals surface area contributed by atoms with Crippen LogP contribution in [0, 0.1) is 6.92 Å². The highest BCUT2D eigenvalue weighted by Gasteiger charge is 2.22. The standard InChI is InChI=1S/C14H17N3O/c1-9-3-2-4-10-7-12(17-15)14(16-13(9)10)11-5-6-18-8-11/h2-4,7,11,17H,5-6,8,15H2,1H3. The molecule has 1 unspecified atom stereocenters. The fraction of sp³-hybridized carbons (Fsp3) is 0.357. The van der Waals surface area contributed by atoms with E-state index in [4.69, 9.17) is 15.6 Å². The van der Waals surface area contributed by atoms with Gasteiger partial charge in [-0.05, 0) is 25.0 Å². The average molecular weight is 243 g/mol. The fourth-order valence-corrected chi connectivity index (χ4v) is 2.54. The van der Waals surface area contributed by atoms with E-state index in [0.29, 0.717) is 5.92 Å². The van der Waals surface area contributed by atoms with Crippen molar-refractivity contribution in [3.63, 3.8) is 0 Å². The topological polar surface area (TPSA) is 60.2 Å². The Morgan fingerprint density at radius 1 is 1.44 bits per heavy atom. The van der Waals surface area contributed by atoms with Crippen LogP contribution in [0.1, 0.15) is 23.6 Å². The molecule has 4 nitrogen and oxygen atoms in total. The van der Waals surface area contributed by atoms with Crippen molar-refractivity contribution in [2.45, 2.75) is 19.3 Å². The predicted octanol–water partition coefficient (Wildman–Crippen LogP) is 2.33. The van der Waals surface area contributed by atoms with Gasteiger partial charge in [-0.25, -0.2) is 4.98 Å². The minimum absolute atomic E-state index is 0.347. The summed E-state index contributed by atoms with van der Waals surface area (Å²) in [5.41, 5.74) is 6.94. The predicted molar refractivity (Wildman–Crippen MR) is 72.5 cm³/mol. The zero-order valence-electron chi connectivity index (χ0n) is 10.4. The van der Waals surface area contributed by atoms with E-state index in [0.717, 1.165) is 41.9 Å². The number of aromatic nitrogens is 1. The van der Waals surface area contributed by atoms with Crippen molar-refractivity contribution in [3.8, 4) is 0 Å². The molecule has 18 heavy (non-hydrogen) atoms. The Balaban J connectivity index is 2.19. The number of nitrogen functional groups attached to an aromatic ring is 1. The molecular formula is C14H17N3O. The molecule has 3 N–H and O–H groups in total. The molecule has 0 spiro atoms. The summed E-state index contributed by atoms with van der Waals surface area (Å²) in [6.45, 7) is 3.63. The van der Waals surface area contributed by atoms with Crippen LogP contribution in [-0.2, 0) is 4.74 Å². The summed E-state index contributed by atoms with van der Waals surface area (Å²) < 4.78 is 5.44. The molecule has 3 rings (SSSR count). The summed E-state index contributed by atoms with van der Waals surface area (Å²) in [4.78, 5) is 4.81. The van der Waals surface area contributed by atoms with Crippen LogP contribution in [-0.4, -0.2) is 18.2 Å². The Hall–Kier alpha value is -1.65. The number of hydrazine groups is 1. The zero-order valence-corrected chi connectivity index (χ0v) is 10.4. The van der Waals surface area contributed by atoms with E-state index in [9.17, 15) is 0 Å². The van der Waals surface area contributed by atoms with Crippen molar-refractivity contribution in [1.82, 2.24) is 4.98 Å². The molecule has 0 amide bonds. The van der Waals surface area contributed by atoms with Crippen LogP contribution in [0.5, 0.6) is 0 Å². The van der Waals surface area contributed by atoms with Crippen molar-refractivity contribution in [2.24, 2.45) is 5.84 Å². The van der Waals surface area contributed by atoms with Crippen molar-refractivity contribution >= 4 is 16.6 Å². The summed E-state index contributed by atoms with van der Waals surface area (Å²) >= 11 is 0. The number of hydrogen-bond donors (Lipinski definition) is 2. The van der Waals surface area contributed by atoms with E-state index < -0.39 is 0 Å². The molecule has 94 valence electrons. The molecule has 1 aliphatic heterocycles. The zero-order chi connectivity index (χ0) is 12.5. The lowest BCUT2D eigenvalue weighted by Crippen LogP contribution is -2.13. The van der Waals surface area contributed by atoms with Gasteiger partial charge in [0, 0.05) is 17.9 Å². The maximum absolute atomic E-state index is 5.62. The number of para-hydroxylation sites is 1. The van der Waals surface area contributed by atoms with E-state index in [1.807, 2.05) is 6.07 Å². The van der Waals surface area contributed by atoms with Gasteiger partial charge in [0.25, 0.3) is 0 Å². The Bertz CT molecular complexity index is 577. The van der Waals surface area contributed by atoms with Gasteiger partial charge in [-0.15, -0.1) is 0 Å². The number of fused-ring (bicyclic) bond motifs is 1. The van der Waals surface area contributed by atoms with E-state index in [2.05, 4.69) is 30.5 Å². The number of nitrogens with two attached hydrogens (primary N) is 1.